The third-order valence-electron chi connectivity index (χ3n) is 2.96. The van der Waals surface area contributed by atoms with Crippen molar-refractivity contribution in [3.05, 3.63) is 29.8 Å². The van der Waals surface area contributed by atoms with Crippen molar-refractivity contribution >= 4 is 11.6 Å². The van der Waals surface area contributed by atoms with Gasteiger partial charge < -0.3 is 16.0 Å². The smallest absolute Gasteiger partial charge is 0.217 e. The first-order chi connectivity index (χ1) is 8.50. The molecule has 0 aliphatic heterocycles. The fourth-order valence-electron chi connectivity index (χ4n) is 1.76. The topological polar surface area (TPSA) is 58.4 Å². The van der Waals surface area contributed by atoms with Crippen LogP contribution in [0.15, 0.2) is 24.3 Å². The summed E-state index contributed by atoms with van der Waals surface area (Å²) in [6, 6.07) is 8.75. The summed E-state index contributed by atoms with van der Waals surface area (Å²) in [6.07, 6.45) is 1.23. The molecule has 3 N–H and O–H groups in total. The first-order valence-electron chi connectivity index (χ1n) is 6.29. The Morgan fingerprint density at radius 2 is 1.94 bits per heavy atom. The van der Waals surface area contributed by atoms with Crippen molar-refractivity contribution < 1.29 is 4.79 Å². The van der Waals surface area contributed by atoms with E-state index in [1.54, 1.807) is 0 Å². The molecular weight excluding hydrogens is 226 g/mol. The molecule has 4 heteroatoms. The molecule has 1 unspecified atom stereocenters. The number of benzene rings is 1. The maximum absolute atomic E-state index is 10.6. The van der Waals surface area contributed by atoms with Crippen LogP contribution in [0.1, 0.15) is 31.4 Å². The molecule has 0 bridgehead atoms. The van der Waals surface area contributed by atoms with E-state index in [4.69, 9.17) is 5.73 Å². The van der Waals surface area contributed by atoms with Crippen LogP contribution < -0.4 is 16.0 Å². The molecule has 0 fully saturated rings. The molecule has 1 atom stereocenters. The highest BCUT2D eigenvalue weighted by Gasteiger charge is 2.05. The number of hydrogen-bond donors (Lipinski definition) is 2. The second-order valence-corrected chi connectivity index (χ2v) is 4.73. The minimum absolute atomic E-state index is 0.236. The standard InChI is InChI=1S/C14H23N3O/c1-11(16-10-4-5-14(15)18)12-6-8-13(9-7-12)17(2)3/h6-9,11,16H,4-5,10H2,1-3H3,(H2,15,18). The third kappa shape index (κ3) is 4.75. The van der Waals surface area contributed by atoms with E-state index < -0.39 is 0 Å². The van der Waals surface area contributed by atoms with Gasteiger partial charge in [-0.1, -0.05) is 12.1 Å². The minimum atomic E-state index is -0.236. The highest BCUT2D eigenvalue weighted by atomic mass is 16.1. The largest absolute Gasteiger partial charge is 0.378 e. The fourth-order valence-corrected chi connectivity index (χ4v) is 1.76. The molecule has 0 heterocycles. The van der Waals surface area contributed by atoms with Gasteiger partial charge in [0.05, 0.1) is 0 Å². The summed E-state index contributed by atoms with van der Waals surface area (Å²) < 4.78 is 0. The number of hydrogen-bond acceptors (Lipinski definition) is 3. The van der Waals surface area contributed by atoms with E-state index in [0.29, 0.717) is 6.42 Å². The van der Waals surface area contributed by atoms with Crippen LogP contribution >= 0.6 is 0 Å². The molecular formula is C14H23N3O. The van der Waals surface area contributed by atoms with Gasteiger partial charge in [-0.3, -0.25) is 4.79 Å². The van der Waals surface area contributed by atoms with E-state index in [-0.39, 0.29) is 11.9 Å². The van der Waals surface area contributed by atoms with Crippen molar-refractivity contribution in [2.24, 2.45) is 5.73 Å². The summed E-state index contributed by atoms with van der Waals surface area (Å²) in [4.78, 5) is 12.7. The van der Waals surface area contributed by atoms with Gasteiger partial charge in [0.15, 0.2) is 0 Å². The lowest BCUT2D eigenvalue weighted by molar-refractivity contribution is -0.118. The summed E-state index contributed by atoms with van der Waals surface area (Å²) >= 11 is 0. The van der Waals surface area contributed by atoms with Crippen molar-refractivity contribution in [2.45, 2.75) is 25.8 Å². The van der Waals surface area contributed by atoms with E-state index in [0.717, 1.165) is 13.0 Å². The van der Waals surface area contributed by atoms with Gasteiger partial charge in [-0.25, -0.2) is 0 Å². The second-order valence-electron chi connectivity index (χ2n) is 4.73. The van der Waals surface area contributed by atoms with E-state index >= 15 is 0 Å². The lowest BCUT2D eigenvalue weighted by atomic mass is 10.1. The molecule has 0 aliphatic rings. The number of nitrogens with one attached hydrogen (secondary N) is 1. The Balaban J connectivity index is 2.41. The molecule has 1 aromatic rings. The second kappa shape index (κ2) is 7.01. The summed E-state index contributed by atoms with van der Waals surface area (Å²) in [5, 5.41) is 3.38. The third-order valence-corrected chi connectivity index (χ3v) is 2.96. The lowest BCUT2D eigenvalue weighted by Crippen LogP contribution is -2.21. The Labute approximate surface area is 109 Å². The van der Waals surface area contributed by atoms with Crippen molar-refractivity contribution in [3.63, 3.8) is 0 Å². The Bertz CT molecular complexity index is 373. The van der Waals surface area contributed by atoms with Crippen LogP contribution in [0.25, 0.3) is 0 Å². The molecule has 0 saturated heterocycles. The van der Waals surface area contributed by atoms with E-state index in [9.17, 15) is 4.79 Å². The van der Waals surface area contributed by atoms with Gasteiger partial charge in [-0.15, -0.1) is 0 Å². The molecule has 4 nitrogen and oxygen atoms in total. The summed E-state index contributed by atoms with van der Waals surface area (Å²) in [7, 11) is 4.06. The zero-order valence-electron chi connectivity index (χ0n) is 11.4. The quantitative estimate of drug-likeness (QED) is 0.723. The predicted octanol–water partition coefficient (Wildman–Crippen LogP) is 1.67. The Morgan fingerprint density at radius 3 is 2.44 bits per heavy atom. The van der Waals surface area contributed by atoms with Gasteiger partial charge in [0, 0.05) is 32.2 Å². The predicted molar refractivity (Wildman–Crippen MR) is 75.6 cm³/mol. The first-order valence-corrected chi connectivity index (χ1v) is 6.29. The van der Waals surface area contributed by atoms with E-state index in [1.165, 1.54) is 11.3 Å². The number of amides is 1. The maximum Gasteiger partial charge on any atom is 0.217 e. The lowest BCUT2D eigenvalue weighted by Gasteiger charge is -2.17. The Kier molecular flexibility index (Phi) is 5.65. The Morgan fingerprint density at radius 1 is 1.33 bits per heavy atom. The van der Waals surface area contributed by atoms with Crippen LogP contribution in [-0.4, -0.2) is 26.5 Å². The molecule has 1 aromatic carbocycles. The number of carbonyl (C=O) groups excluding carboxylic acids is 1. The molecule has 1 rings (SSSR count). The van der Waals surface area contributed by atoms with Crippen LogP contribution in [-0.2, 0) is 4.79 Å². The average molecular weight is 249 g/mol. The highest BCUT2D eigenvalue weighted by Crippen LogP contribution is 2.17. The van der Waals surface area contributed by atoms with Crippen LogP contribution in [0.2, 0.25) is 0 Å². The summed E-state index contributed by atoms with van der Waals surface area (Å²) in [5.74, 6) is -0.236. The molecule has 0 aromatic heterocycles. The van der Waals surface area contributed by atoms with Crippen LogP contribution in [0.5, 0.6) is 0 Å². The number of primary amides is 1. The SMILES string of the molecule is CC(NCCCC(N)=O)c1ccc(N(C)C)cc1. The average Bonchev–Trinajstić information content (AvgIpc) is 2.34. The normalized spacial score (nSPS) is 12.2. The van der Waals surface area contributed by atoms with Crippen molar-refractivity contribution in [2.75, 3.05) is 25.5 Å². The van der Waals surface area contributed by atoms with Crippen LogP contribution in [0.3, 0.4) is 0 Å². The minimum Gasteiger partial charge on any atom is -0.378 e. The van der Waals surface area contributed by atoms with Gasteiger partial charge >= 0.3 is 0 Å². The monoisotopic (exact) mass is 249 g/mol. The molecule has 0 radical (unpaired) electrons. The molecule has 0 spiro atoms. The van der Waals surface area contributed by atoms with Gasteiger partial charge in [-0.05, 0) is 37.6 Å². The van der Waals surface area contributed by atoms with Gasteiger partial charge in [0.25, 0.3) is 0 Å². The van der Waals surface area contributed by atoms with Crippen molar-refractivity contribution in [1.82, 2.24) is 5.32 Å². The van der Waals surface area contributed by atoms with E-state index in [2.05, 4.69) is 41.4 Å². The van der Waals surface area contributed by atoms with Gasteiger partial charge in [-0.2, -0.15) is 0 Å². The molecule has 1 amide bonds. The van der Waals surface area contributed by atoms with Crippen molar-refractivity contribution in [3.8, 4) is 0 Å². The molecule has 0 aliphatic carbocycles. The van der Waals surface area contributed by atoms with Gasteiger partial charge in [0.2, 0.25) is 5.91 Å². The Hall–Kier alpha value is -1.55. The number of nitrogens with zero attached hydrogens (tertiary/aromatic N) is 1. The van der Waals surface area contributed by atoms with Crippen LogP contribution in [0, 0.1) is 0 Å². The number of carbonyl (C=O) groups is 1. The molecule has 18 heavy (non-hydrogen) atoms. The molecule has 100 valence electrons. The summed E-state index contributed by atoms with van der Waals surface area (Å²) in [6.45, 7) is 2.93. The van der Waals surface area contributed by atoms with Gasteiger partial charge in [0.1, 0.15) is 0 Å². The van der Waals surface area contributed by atoms with Crippen molar-refractivity contribution in [1.29, 1.82) is 0 Å². The molecule has 0 saturated carbocycles. The first kappa shape index (κ1) is 14.5. The fraction of sp³-hybridized carbons (Fsp3) is 0.500. The number of rotatable bonds is 7. The maximum atomic E-state index is 10.6. The summed E-state index contributed by atoms with van der Waals surface area (Å²) in [5.41, 5.74) is 7.54. The highest BCUT2D eigenvalue weighted by molar-refractivity contribution is 5.73. The zero-order chi connectivity index (χ0) is 13.5. The van der Waals surface area contributed by atoms with Crippen LogP contribution in [0.4, 0.5) is 5.69 Å². The zero-order valence-corrected chi connectivity index (χ0v) is 11.4. The number of anilines is 1. The van der Waals surface area contributed by atoms with E-state index in [1.807, 2.05) is 14.1 Å². The number of nitrogens with two attached hydrogens (primary N) is 1.